The molecule has 1 rings (SSSR count). The van der Waals surface area contributed by atoms with E-state index < -0.39 is 18.6 Å². The summed E-state index contributed by atoms with van der Waals surface area (Å²) >= 11 is 0. The summed E-state index contributed by atoms with van der Waals surface area (Å²) in [5.74, 6) is 0.364. The van der Waals surface area contributed by atoms with Gasteiger partial charge in [-0.2, -0.15) is 0 Å². The van der Waals surface area contributed by atoms with Gasteiger partial charge in [-0.1, -0.05) is 13.3 Å². The fourth-order valence-corrected chi connectivity index (χ4v) is 1.81. The molecule has 0 aliphatic heterocycles. The van der Waals surface area contributed by atoms with Gasteiger partial charge in [0.15, 0.2) is 0 Å². The van der Waals surface area contributed by atoms with Gasteiger partial charge >= 0.3 is 0 Å². The molecule has 4 heteroatoms. The summed E-state index contributed by atoms with van der Waals surface area (Å²) in [5, 5.41) is 9.82. The second kappa shape index (κ2) is 5.03. The third-order valence-electron chi connectivity index (χ3n) is 2.76. The predicted octanol–water partition coefficient (Wildman–Crippen LogP) is 2.21. The van der Waals surface area contributed by atoms with Crippen LogP contribution in [0.4, 0.5) is 8.78 Å². The van der Waals surface area contributed by atoms with E-state index in [2.05, 4.69) is 6.92 Å². The molecule has 0 radical (unpaired) electrons. The van der Waals surface area contributed by atoms with Gasteiger partial charge < -0.3 is 9.84 Å². The third kappa shape index (κ3) is 3.50. The summed E-state index contributed by atoms with van der Waals surface area (Å²) in [5.41, 5.74) is -0.613. The largest absolute Gasteiger partial charge is 0.389 e. The van der Waals surface area contributed by atoms with E-state index in [1.807, 2.05) is 0 Å². The zero-order valence-electron chi connectivity index (χ0n) is 8.51. The van der Waals surface area contributed by atoms with E-state index in [1.54, 1.807) is 0 Å². The monoisotopic (exact) mass is 208 g/mol. The second-order valence-corrected chi connectivity index (χ2v) is 4.01. The Morgan fingerprint density at radius 3 is 2.86 bits per heavy atom. The SMILES string of the molecule is CCCC1CC1(O)CCOCC(F)F. The zero-order valence-corrected chi connectivity index (χ0v) is 8.51. The van der Waals surface area contributed by atoms with Crippen molar-refractivity contribution in [1.82, 2.24) is 0 Å². The van der Waals surface area contributed by atoms with Crippen molar-refractivity contribution in [2.45, 2.75) is 44.6 Å². The summed E-state index contributed by atoms with van der Waals surface area (Å²) in [6.45, 7) is 1.79. The van der Waals surface area contributed by atoms with Crippen LogP contribution < -0.4 is 0 Å². The van der Waals surface area contributed by atoms with Crippen LogP contribution in [0.3, 0.4) is 0 Å². The van der Waals surface area contributed by atoms with Crippen LogP contribution in [-0.2, 0) is 4.74 Å². The molecule has 0 saturated heterocycles. The predicted molar refractivity (Wildman–Crippen MR) is 49.4 cm³/mol. The lowest BCUT2D eigenvalue weighted by atomic mass is 10.1. The molecule has 0 aromatic heterocycles. The maximum absolute atomic E-state index is 11.7. The topological polar surface area (TPSA) is 29.5 Å². The van der Waals surface area contributed by atoms with Crippen molar-refractivity contribution >= 4 is 0 Å². The number of alkyl halides is 2. The van der Waals surface area contributed by atoms with Crippen LogP contribution in [0.5, 0.6) is 0 Å². The first kappa shape index (κ1) is 11.9. The van der Waals surface area contributed by atoms with E-state index in [9.17, 15) is 13.9 Å². The fraction of sp³-hybridized carbons (Fsp3) is 1.00. The Labute approximate surface area is 83.3 Å². The molecule has 0 heterocycles. The van der Waals surface area contributed by atoms with E-state index in [-0.39, 0.29) is 6.61 Å². The average Bonchev–Trinajstić information content (AvgIpc) is 2.72. The van der Waals surface area contributed by atoms with Gasteiger partial charge in [0.2, 0.25) is 0 Å². The summed E-state index contributed by atoms with van der Waals surface area (Å²) in [6, 6.07) is 0. The summed E-state index contributed by atoms with van der Waals surface area (Å²) in [4.78, 5) is 0. The normalized spacial score (nSPS) is 31.1. The quantitative estimate of drug-likeness (QED) is 0.650. The molecule has 1 aliphatic carbocycles. The van der Waals surface area contributed by atoms with E-state index in [4.69, 9.17) is 4.74 Å². The van der Waals surface area contributed by atoms with Crippen molar-refractivity contribution in [3.05, 3.63) is 0 Å². The lowest BCUT2D eigenvalue weighted by molar-refractivity contribution is -0.00137. The van der Waals surface area contributed by atoms with Crippen molar-refractivity contribution in [1.29, 1.82) is 0 Å². The molecule has 1 N–H and O–H groups in total. The first-order valence-electron chi connectivity index (χ1n) is 5.17. The maximum Gasteiger partial charge on any atom is 0.261 e. The van der Waals surface area contributed by atoms with Gasteiger partial charge in [0, 0.05) is 6.61 Å². The van der Waals surface area contributed by atoms with Crippen molar-refractivity contribution < 1.29 is 18.6 Å². The van der Waals surface area contributed by atoms with Crippen molar-refractivity contribution in [2.24, 2.45) is 5.92 Å². The number of rotatable bonds is 7. The molecule has 1 fully saturated rings. The number of halogens is 2. The molecule has 2 atom stereocenters. The molecule has 0 spiro atoms. The van der Waals surface area contributed by atoms with E-state index in [0.717, 1.165) is 19.3 Å². The number of ether oxygens (including phenoxy) is 1. The van der Waals surface area contributed by atoms with Crippen LogP contribution in [-0.4, -0.2) is 30.3 Å². The highest BCUT2D eigenvalue weighted by Gasteiger charge is 2.51. The van der Waals surface area contributed by atoms with Crippen LogP contribution >= 0.6 is 0 Å². The molecule has 2 nitrogen and oxygen atoms in total. The molecule has 0 amide bonds. The van der Waals surface area contributed by atoms with E-state index in [1.165, 1.54) is 0 Å². The first-order chi connectivity index (χ1) is 6.58. The Bertz CT molecular complexity index is 176. The average molecular weight is 208 g/mol. The van der Waals surface area contributed by atoms with Crippen LogP contribution in [0.2, 0.25) is 0 Å². The Morgan fingerprint density at radius 1 is 1.57 bits per heavy atom. The standard InChI is InChI=1S/C10H18F2O2/c1-2-3-8-6-10(8,13)4-5-14-7-9(11)12/h8-9,13H,2-7H2,1H3. The Hall–Kier alpha value is -0.220. The highest BCUT2D eigenvalue weighted by atomic mass is 19.3. The van der Waals surface area contributed by atoms with Crippen molar-refractivity contribution in [2.75, 3.05) is 13.2 Å². The molecule has 1 saturated carbocycles. The van der Waals surface area contributed by atoms with Crippen molar-refractivity contribution in [3.63, 3.8) is 0 Å². The molecule has 2 unspecified atom stereocenters. The molecule has 1 aliphatic rings. The summed E-state index contributed by atoms with van der Waals surface area (Å²) < 4.78 is 28.1. The smallest absolute Gasteiger partial charge is 0.261 e. The highest BCUT2D eigenvalue weighted by Crippen LogP contribution is 2.48. The van der Waals surface area contributed by atoms with Crippen LogP contribution in [0.25, 0.3) is 0 Å². The van der Waals surface area contributed by atoms with Gasteiger partial charge in [-0.3, -0.25) is 0 Å². The molecule has 84 valence electrons. The van der Waals surface area contributed by atoms with Gasteiger partial charge in [0.1, 0.15) is 6.61 Å². The molecule has 14 heavy (non-hydrogen) atoms. The number of aliphatic hydroxyl groups is 1. The van der Waals surface area contributed by atoms with Crippen LogP contribution in [0, 0.1) is 5.92 Å². The minimum Gasteiger partial charge on any atom is -0.389 e. The molecular formula is C10H18F2O2. The Balaban J connectivity index is 2.02. The van der Waals surface area contributed by atoms with Gasteiger partial charge in [0.05, 0.1) is 5.60 Å². The summed E-state index contributed by atoms with van der Waals surface area (Å²) in [7, 11) is 0. The number of hydrogen-bond acceptors (Lipinski definition) is 2. The minimum atomic E-state index is -2.41. The van der Waals surface area contributed by atoms with Gasteiger partial charge in [-0.15, -0.1) is 0 Å². The lowest BCUT2D eigenvalue weighted by Gasteiger charge is -2.10. The molecular weight excluding hydrogens is 190 g/mol. The lowest BCUT2D eigenvalue weighted by Crippen LogP contribution is -2.16. The van der Waals surface area contributed by atoms with Crippen molar-refractivity contribution in [3.8, 4) is 0 Å². The van der Waals surface area contributed by atoms with Crippen LogP contribution in [0.1, 0.15) is 32.6 Å². The van der Waals surface area contributed by atoms with Gasteiger partial charge in [-0.25, -0.2) is 8.78 Å². The third-order valence-corrected chi connectivity index (χ3v) is 2.76. The molecule has 0 aromatic rings. The molecule has 0 bridgehead atoms. The highest BCUT2D eigenvalue weighted by molar-refractivity contribution is 5.02. The van der Waals surface area contributed by atoms with Gasteiger partial charge in [0.25, 0.3) is 6.43 Å². The second-order valence-electron chi connectivity index (χ2n) is 4.01. The first-order valence-corrected chi connectivity index (χ1v) is 5.17. The summed E-state index contributed by atoms with van der Waals surface area (Å²) in [6.07, 6.45) is 0.967. The van der Waals surface area contributed by atoms with E-state index in [0.29, 0.717) is 12.3 Å². The minimum absolute atomic E-state index is 0.237. The maximum atomic E-state index is 11.7. The Kier molecular flexibility index (Phi) is 4.26. The zero-order chi connectivity index (χ0) is 10.6. The number of hydrogen-bond donors (Lipinski definition) is 1. The van der Waals surface area contributed by atoms with Crippen LogP contribution in [0.15, 0.2) is 0 Å². The molecule has 0 aromatic carbocycles. The Morgan fingerprint density at radius 2 is 2.29 bits per heavy atom. The van der Waals surface area contributed by atoms with E-state index >= 15 is 0 Å². The van der Waals surface area contributed by atoms with Gasteiger partial charge in [-0.05, 0) is 25.2 Å². The fourth-order valence-electron chi connectivity index (χ4n) is 1.81.